The van der Waals surface area contributed by atoms with E-state index in [1.165, 1.54) is 12.3 Å². The summed E-state index contributed by atoms with van der Waals surface area (Å²) in [5, 5.41) is 25.6. The molecule has 0 amide bonds. The summed E-state index contributed by atoms with van der Waals surface area (Å²) >= 11 is 0. The van der Waals surface area contributed by atoms with Crippen molar-refractivity contribution >= 4 is 23.5 Å². The van der Waals surface area contributed by atoms with E-state index in [0.29, 0.717) is 24.3 Å². The molecule has 10 heteroatoms. The van der Waals surface area contributed by atoms with Crippen LogP contribution in [0.4, 0.5) is 17.3 Å². The number of nitro benzene ring substituents is 1. The lowest BCUT2D eigenvalue weighted by molar-refractivity contribution is -0.384. The number of aromatic nitrogens is 4. The van der Waals surface area contributed by atoms with Crippen molar-refractivity contribution in [2.24, 2.45) is 5.10 Å². The summed E-state index contributed by atoms with van der Waals surface area (Å²) in [6.45, 7) is 5.27. The van der Waals surface area contributed by atoms with Crippen LogP contribution >= 0.6 is 0 Å². The number of anilines is 2. The third-order valence-electron chi connectivity index (χ3n) is 3.09. The standard InChI is InChI=1S/C12H16N8O2/c1-3-18(4-2)10-6-5-9(7-11(10)20(21)22)8-14-19-12(13)15-16-17-19/h5-8H,3-4H2,1-2H3,(H2,13,15,17). The quantitative estimate of drug-likeness (QED) is 0.476. The number of nitrogens with two attached hydrogens (primary N) is 1. The van der Waals surface area contributed by atoms with Gasteiger partial charge >= 0.3 is 0 Å². The summed E-state index contributed by atoms with van der Waals surface area (Å²) in [6.07, 6.45) is 1.41. The minimum Gasteiger partial charge on any atom is -0.367 e. The summed E-state index contributed by atoms with van der Waals surface area (Å²) in [7, 11) is 0. The predicted molar refractivity (Wildman–Crippen MR) is 81.9 cm³/mol. The average Bonchev–Trinajstić information content (AvgIpc) is 2.92. The first kappa shape index (κ1) is 15.4. The molecular formula is C12H16N8O2. The van der Waals surface area contributed by atoms with Crippen LogP contribution in [0.3, 0.4) is 0 Å². The van der Waals surface area contributed by atoms with Gasteiger partial charge in [-0.15, -0.1) is 0 Å². The van der Waals surface area contributed by atoms with Crippen LogP contribution in [0.5, 0.6) is 0 Å². The van der Waals surface area contributed by atoms with E-state index in [0.717, 1.165) is 4.79 Å². The molecule has 0 aliphatic carbocycles. The van der Waals surface area contributed by atoms with E-state index in [1.807, 2.05) is 18.7 Å². The molecule has 0 aliphatic heterocycles. The van der Waals surface area contributed by atoms with Crippen LogP contribution in [0.25, 0.3) is 0 Å². The van der Waals surface area contributed by atoms with Crippen LogP contribution in [0.1, 0.15) is 19.4 Å². The van der Waals surface area contributed by atoms with Crippen molar-refractivity contribution in [3.05, 3.63) is 33.9 Å². The molecule has 2 rings (SSSR count). The fraction of sp³-hybridized carbons (Fsp3) is 0.333. The summed E-state index contributed by atoms with van der Waals surface area (Å²) < 4.78 is 0. The zero-order chi connectivity index (χ0) is 16.1. The van der Waals surface area contributed by atoms with Crippen LogP contribution < -0.4 is 10.6 Å². The van der Waals surface area contributed by atoms with Gasteiger partial charge in [0.15, 0.2) is 0 Å². The van der Waals surface area contributed by atoms with Gasteiger partial charge in [0.2, 0.25) is 0 Å². The Labute approximate surface area is 126 Å². The van der Waals surface area contributed by atoms with Crippen LogP contribution in [-0.2, 0) is 0 Å². The van der Waals surface area contributed by atoms with Crippen molar-refractivity contribution in [3.63, 3.8) is 0 Å². The van der Waals surface area contributed by atoms with Gasteiger partial charge in [0.05, 0.1) is 11.1 Å². The van der Waals surface area contributed by atoms with Crippen molar-refractivity contribution in [1.29, 1.82) is 0 Å². The molecule has 1 heterocycles. The molecule has 1 aromatic carbocycles. The Balaban J connectivity index is 2.35. The number of benzene rings is 1. The molecule has 0 bridgehead atoms. The molecule has 0 radical (unpaired) electrons. The molecule has 2 aromatic rings. The lowest BCUT2D eigenvalue weighted by Crippen LogP contribution is -2.22. The first-order valence-electron chi connectivity index (χ1n) is 6.68. The highest BCUT2D eigenvalue weighted by atomic mass is 16.6. The van der Waals surface area contributed by atoms with Crippen molar-refractivity contribution < 1.29 is 4.92 Å². The second-order valence-electron chi connectivity index (χ2n) is 4.35. The minimum absolute atomic E-state index is 0.0253. The minimum atomic E-state index is -0.406. The molecule has 0 saturated carbocycles. The van der Waals surface area contributed by atoms with E-state index < -0.39 is 4.92 Å². The normalized spacial score (nSPS) is 11.0. The molecule has 2 N–H and O–H groups in total. The number of nitro groups is 1. The maximum Gasteiger partial charge on any atom is 0.293 e. The van der Waals surface area contributed by atoms with Gasteiger partial charge in [0.25, 0.3) is 11.6 Å². The second kappa shape index (κ2) is 6.61. The Morgan fingerprint density at radius 1 is 1.45 bits per heavy atom. The van der Waals surface area contributed by atoms with Gasteiger partial charge in [0, 0.05) is 24.7 Å². The smallest absolute Gasteiger partial charge is 0.293 e. The maximum absolute atomic E-state index is 11.3. The Hall–Kier alpha value is -3.04. The number of hydrogen-bond acceptors (Lipinski definition) is 8. The van der Waals surface area contributed by atoms with E-state index in [2.05, 4.69) is 20.6 Å². The third-order valence-corrected chi connectivity index (χ3v) is 3.09. The van der Waals surface area contributed by atoms with Crippen LogP contribution in [0.2, 0.25) is 0 Å². The van der Waals surface area contributed by atoms with Crippen molar-refractivity contribution in [3.8, 4) is 0 Å². The molecular weight excluding hydrogens is 288 g/mol. The Morgan fingerprint density at radius 2 is 2.18 bits per heavy atom. The van der Waals surface area contributed by atoms with Crippen LogP contribution in [-0.4, -0.2) is 44.5 Å². The molecule has 22 heavy (non-hydrogen) atoms. The second-order valence-corrected chi connectivity index (χ2v) is 4.35. The molecule has 10 nitrogen and oxygen atoms in total. The highest BCUT2D eigenvalue weighted by molar-refractivity contribution is 5.83. The first-order valence-corrected chi connectivity index (χ1v) is 6.68. The summed E-state index contributed by atoms with van der Waals surface area (Å²) in [4.78, 5) is 13.8. The molecule has 0 aliphatic rings. The third kappa shape index (κ3) is 3.16. The Bertz CT molecular complexity index is 692. The van der Waals surface area contributed by atoms with Gasteiger partial charge in [-0.2, -0.15) is 5.10 Å². The molecule has 0 spiro atoms. The van der Waals surface area contributed by atoms with Gasteiger partial charge in [0.1, 0.15) is 5.69 Å². The lowest BCUT2D eigenvalue weighted by atomic mass is 10.1. The van der Waals surface area contributed by atoms with Crippen LogP contribution in [0.15, 0.2) is 23.3 Å². The van der Waals surface area contributed by atoms with Gasteiger partial charge in [-0.25, -0.2) is 0 Å². The molecule has 0 saturated heterocycles. The molecule has 0 fully saturated rings. The van der Waals surface area contributed by atoms with E-state index in [1.54, 1.807) is 12.1 Å². The SMILES string of the molecule is CCN(CC)c1ccc(C=Nn2nnnc2N)cc1[N+](=O)[O-]. The number of tetrazole rings is 1. The number of rotatable bonds is 6. The average molecular weight is 304 g/mol. The molecule has 0 unspecified atom stereocenters. The number of hydrogen-bond donors (Lipinski definition) is 1. The van der Waals surface area contributed by atoms with Gasteiger partial charge in [-0.3, -0.25) is 10.1 Å². The summed E-state index contributed by atoms with van der Waals surface area (Å²) in [5.41, 5.74) is 6.64. The predicted octanol–water partition coefficient (Wildman–Crippen LogP) is 0.892. The molecule has 0 atom stereocenters. The lowest BCUT2D eigenvalue weighted by Gasteiger charge is -2.20. The summed E-state index contributed by atoms with van der Waals surface area (Å²) in [5.74, 6) is 0.0329. The largest absolute Gasteiger partial charge is 0.367 e. The van der Waals surface area contributed by atoms with Crippen LogP contribution in [0, 0.1) is 10.1 Å². The maximum atomic E-state index is 11.3. The van der Waals surface area contributed by atoms with Crippen molar-refractivity contribution in [2.45, 2.75) is 13.8 Å². The monoisotopic (exact) mass is 304 g/mol. The van der Waals surface area contributed by atoms with Gasteiger partial charge in [-0.05, 0) is 30.3 Å². The zero-order valence-electron chi connectivity index (χ0n) is 12.2. The Kier molecular flexibility index (Phi) is 4.61. The molecule has 116 valence electrons. The topological polar surface area (TPSA) is 128 Å². The fourth-order valence-electron chi connectivity index (χ4n) is 1.99. The number of nitrogens with zero attached hydrogens (tertiary/aromatic N) is 7. The molecule has 1 aromatic heterocycles. The summed E-state index contributed by atoms with van der Waals surface area (Å²) in [6, 6.07) is 4.90. The fourth-order valence-corrected chi connectivity index (χ4v) is 1.99. The highest BCUT2D eigenvalue weighted by Gasteiger charge is 2.18. The zero-order valence-corrected chi connectivity index (χ0v) is 12.2. The van der Waals surface area contributed by atoms with Crippen molar-refractivity contribution in [1.82, 2.24) is 20.3 Å². The Morgan fingerprint density at radius 3 is 2.73 bits per heavy atom. The first-order chi connectivity index (χ1) is 10.6. The van der Waals surface area contributed by atoms with Gasteiger partial charge in [-0.1, -0.05) is 16.0 Å². The highest BCUT2D eigenvalue weighted by Crippen LogP contribution is 2.28. The van der Waals surface area contributed by atoms with E-state index in [-0.39, 0.29) is 11.6 Å². The number of nitrogen functional groups attached to an aromatic ring is 1. The van der Waals surface area contributed by atoms with E-state index in [9.17, 15) is 10.1 Å². The van der Waals surface area contributed by atoms with E-state index in [4.69, 9.17) is 5.73 Å². The van der Waals surface area contributed by atoms with Gasteiger partial charge < -0.3 is 10.6 Å². The van der Waals surface area contributed by atoms with E-state index >= 15 is 0 Å². The van der Waals surface area contributed by atoms with Crippen molar-refractivity contribution in [2.75, 3.05) is 23.7 Å².